The number of rotatable bonds is 22. The van der Waals surface area contributed by atoms with Crippen molar-refractivity contribution in [2.75, 3.05) is 19.0 Å². The van der Waals surface area contributed by atoms with Gasteiger partial charge >= 0.3 is 11.9 Å². The van der Waals surface area contributed by atoms with Crippen LogP contribution in [0.1, 0.15) is 72.7 Å². The maximum Gasteiger partial charge on any atom is 0.338 e. The van der Waals surface area contributed by atoms with Crippen molar-refractivity contribution in [3.05, 3.63) is 214 Å². The molecule has 14 nitrogen and oxygen atoms in total. The van der Waals surface area contributed by atoms with Crippen LogP contribution < -0.4 is 0 Å². The molecule has 0 unspecified atom stereocenters. The van der Waals surface area contributed by atoms with Crippen LogP contribution in [-0.2, 0) is 73.9 Å². The quantitative estimate of drug-likeness (QED) is 0.0469. The maximum atomic E-state index is 14.6. The summed E-state index contributed by atoms with van der Waals surface area (Å²) in [4.78, 5) is 58.3. The summed E-state index contributed by atoms with van der Waals surface area (Å²) >= 11 is 1.34. The first-order valence-electron chi connectivity index (χ1n) is 25.2. The smallest absolute Gasteiger partial charge is 0.338 e. The highest BCUT2D eigenvalue weighted by molar-refractivity contribution is 7.99. The summed E-state index contributed by atoms with van der Waals surface area (Å²) in [5.74, 6) is -2.07. The zero-order chi connectivity index (χ0) is 52.1. The van der Waals surface area contributed by atoms with E-state index in [4.69, 9.17) is 42.6 Å². The van der Waals surface area contributed by atoms with E-state index in [0.717, 1.165) is 32.7 Å². The summed E-state index contributed by atoms with van der Waals surface area (Å²) in [6.07, 6.45) is -9.68. The normalized spacial score (nSPS) is 24.4. The lowest BCUT2D eigenvalue weighted by atomic mass is 9.94. The third-order valence-electron chi connectivity index (χ3n) is 13.1. The summed E-state index contributed by atoms with van der Waals surface area (Å²) in [6, 6.07) is 50.8. The van der Waals surface area contributed by atoms with Crippen LogP contribution in [-0.4, -0.2) is 108 Å². The highest BCUT2D eigenvalue weighted by Crippen LogP contribution is 2.41. The van der Waals surface area contributed by atoms with Gasteiger partial charge in [-0.25, -0.2) is 4.79 Å². The van der Waals surface area contributed by atoms with Crippen molar-refractivity contribution in [2.24, 2.45) is 0 Å². The van der Waals surface area contributed by atoms with E-state index in [1.165, 1.54) is 18.7 Å². The van der Waals surface area contributed by atoms with Crippen molar-refractivity contribution >= 4 is 35.5 Å². The number of fused-ring (bicyclic) bond motifs is 1. The minimum atomic E-state index is -1.52. The van der Waals surface area contributed by atoms with E-state index in [0.29, 0.717) is 5.75 Å². The number of benzene rings is 6. The van der Waals surface area contributed by atoms with Gasteiger partial charge in [0.2, 0.25) is 0 Å². The third-order valence-corrected chi connectivity index (χ3v) is 14.2. The number of hydrogen-bond donors (Lipinski definition) is 0. The number of aryl methyl sites for hydroxylation is 1. The fourth-order valence-corrected chi connectivity index (χ4v) is 10.5. The number of imide groups is 1. The van der Waals surface area contributed by atoms with Crippen LogP contribution in [0, 0.1) is 6.92 Å². The predicted octanol–water partition coefficient (Wildman–Crippen LogP) is 9.31. The maximum absolute atomic E-state index is 14.6. The standard InChI is InChI=1S/C60H61NO13S/c1-4-75-60-50(61-56(63)46-27-17-18-28-47(46)57(61)64)53(70-40(3)62)52(49(72-60)38-67-34-42-21-11-6-12-22-42)74-59-55(73-58(65)45-31-29-39(2)30-32-45)54(69-36-44-25-15-8-16-26-44)51(68-35-43-23-13-7-14-24-43)48(71-59)37-66-33-41-19-9-5-10-20-41/h5-32,48-55,59-60H,4,33-38H2,1-3H3/t48-,49-,50-,51-,52-,53-,54+,55-,59+,60+/m1/s1. The van der Waals surface area contributed by atoms with Gasteiger partial charge in [-0.2, -0.15) is 0 Å². The lowest BCUT2D eigenvalue weighted by molar-refractivity contribution is -0.345. The summed E-state index contributed by atoms with van der Waals surface area (Å²) in [6.45, 7) is 5.56. The van der Waals surface area contributed by atoms with Gasteiger partial charge in [-0.3, -0.25) is 19.3 Å². The average Bonchev–Trinajstić information content (AvgIpc) is 3.70. The Hall–Kier alpha value is -6.53. The van der Waals surface area contributed by atoms with Gasteiger partial charge < -0.3 is 42.6 Å². The highest BCUT2D eigenvalue weighted by atomic mass is 32.2. The first-order valence-corrected chi connectivity index (χ1v) is 26.2. The fraction of sp³-hybridized carbons (Fsp3) is 0.333. The van der Waals surface area contributed by atoms with E-state index in [2.05, 4.69) is 0 Å². The third kappa shape index (κ3) is 13.3. The molecule has 0 bridgehead atoms. The van der Waals surface area contributed by atoms with E-state index in [9.17, 15) is 19.2 Å². The molecule has 15 heteroatoms. The molecule has 0 N–H and O–H groups in total. The van der Waals surface area contributed by atoms with Gasteiger partial charge in [0.1, 0.15) is 42.0 Å². The molecule has 9 rings (SSSR count). The summed E-state index contributed by atoms with van der Waals surface area (Å²) in [7, 11) is 0. The average molecular weight is 1040 g/mol. The number of carbonyl (C=O) groups is 4. The SMILES string of the molecule is CCS[C@@H]1O[C@H](COCc2ccccc2)[C@@H](O[C@@H]2O[C@H](COCc3ccccc3)[C@@H](OCc3ccccc3)[C@H](OCc3ccccc3)[C@H]2OC(=O)c2ccc(C)cc2)[C@H](OC(C)=O)[C@H]1N1C(=O)c2ccccc2C1=O. The van der Waals surface area contributed by atoms with Crippen molar-refractivity contribution in [3.63, 3.8) is 0 Å². The fourth-order valence-electron chi connectivity index (χ4n) is 9.51. The minimum Gasteiger partial charge on any atom is -0.457 e. The molecule has 6 aromatic rings. The Morgan fingerprint density at radius 2 is 1.00 bits per heavy atom. The van der Waals surface area contributed by atoms with E-state index in [-0.39, 0.29) is 56.3 Å². The molecule has 2 fully saturated rings. The second-order valence-electron chi connectivity index (χ2n) is 18.5. The van der Waals surface area contributed by atoms with Gasteiger partial charge in [-0.15, -0.1) is 11.8 Å². The van der Waals surface area contributed by atoms with Crippen molar-refractivity contribution in [1.82, 2.24) is 4.90 Å². The Bertz CT molecular complexity index is 2770. The Morgan fingerprint density at radius 3 is 1.49 bits per heavy atom. The lowest BCUT2D eigenvalue weighted by Crippen LogP contribution is -2.68. The number of carbonyl (C=O) groups excluding carboxylic acids is 4. The Kier molecular flexibility index (Phi) is 18.3. The molecule has 0 aromatic heterocycles. The van der Waals surface area contributed by atoms with Crippen LogP contribution in [0.3, 0.4) is 0 Å². The van der Waals surface area contributed by atoms with Crippen LogP contribution >= 0.6 is 11.8 Å². The zero-order valence-electron chi connectivity index (χ0n) is 42.1. The van der Waals surface area contributed by atoms with Crippen LogP contribution in [0.5, 0.6) is 0 Å². The van der Waals surface area contributed by atoms with Crippen LogP contribution in [0.25, 0.3) is 0 Å². The van der Waals surface area contributed by atoms with Gasteiger partial charge in [-0.05, 0) is 59.2 Å². The monoisotopic (exact) mass is 1040 g/mol. The zero-order valence-corrected chi connectivity index (χ0v) is 42.9. The van der Waals surface area contributed by atoms with Crippen molar-refractivity contribution in [3.8, 4) is 0 Å². The number of thioether (sulfide) groups is 1. The molecule has 3 aliphatic heterocycles. The molecule has 2 amide bonds. The van der Waals surface area contributed by atoms with Crippen LogP contribution in [0.2, 0.25) is 0 Å². The number of hydrogen-bond acceptors (Lipinski definition) is 14. The minimum absolute atomic E-state index is 0.0386. The molecule has 390 valence electrons. The Balaban J connectivity index is 1.15. The van der Waals surface area contributed by atoms with Crippen LogP contribution in [0.4, 0.5) is 0 Å². The van der Waals surface area contributed by atoms with Crippen molar-refractivity contribution in [1.29, 1.82) is 0 Å². The van der Waals surface area contributed by atoms with Gasteiger partial charge in [0.15, 0.2) is 18.5 Å². The van der Waals surface area contributed by atoms with Gasteiger partial charge in [0.25, 0.3) is 11.8 Å². The molecule has 0 saturated carbocycles. The largest absolute Gasteiger partial charge is 0.457 e. The number of ether oxygens (including phenoxy) is 9. The summed E-state index contributed by atoms with van der Waals surface area (Å²) < 4.78 is 60.8. The van der Waals surface area contributed by atoms with E-state index in [1.807, 2.05) is 147 Å². The van der Waals surface area contributed by atoms with Crippen molar-refractivity contribution in [2.45, 2.75) is 108 Å². The van der Waals surface area contributed by atoms with Gasteiger partial charge in [0.05, 0.1) is 56.3 Å². The second kappa shape index (κ2) is 25.8. The van der Waals surface area contributed by atoms with E-state index < -0.39 is 84.2 Å². The molecule has 3 heterocycles. The Morgan fingerprint density at radius 1 is 0.533 bits per heavy atom. The summed E-state index contributed by atoms with van der Waals surface area (Å²) in [5.41, 5.74) is 4.19. The summed E-state index contributed by atoms with van der Waals surface area (Å²) in [5, 5.41) is 0. The lowest BCUT2D eigenvalue weighted by Gasteiger charge is -2.51. The van der Waals surface area contributed by atoms with Crippen molar-refractivity contribution < 1.29 is 61.8 Å². The molecule has 3 aliphatic rings. The van der Waals surface area contributed by atoms with E-state index in [1.54, 1.807) is 36.4 Å². The Labute approximate surface area is 441 Å². The second-order valence-corrected chi connectivity index (χ2v) is 19.9. The number of nitrogens with zero attached hydrogens (tertiary/aromatic N) is 1. The predicted molar refractivity (Wildman–Crippen MR) is 279 cm³/mol. The first-order chi connectivity index (χ1) is 36.6. The number of esters is 2. The molecule has 0 spiro atoms. The van der Waals surface area contributed by atoms with Crippen LogP contribution in [0.15, 0.2) is 170 Å². The molecule has 75 heavy (non-hydrogen) atoms. The first kappa shape index (κ1) is 53.3. The number of amides is 2. The van der Waals surface area contributed by atoms with Gasteiger partial charge in [0, 0.05) is 6.92 Å². The van der Waals surface area contributed by atoms with E-state index >= 15 is 0 Å². The molecule has 2 saturated heterocycles. The molecular formula is C60H61NO13S. The molecule has 0 aliphatic carbocycles. The molecule has 0 radical (unpaired) electrons. The topological polar surface area (TPSA) is 155 Å². The highest BCUT2D eigenvalue weighted by Gasteiger charge is 2.59. The molecule has 10 atom stereocenters. The molecule has 6 aromatic carbocycles. The van der Waals surface area contributed by atoms with Gasteiger partial charge in [-0.1, -0.05) is 158 Å². The molecular weight excluding hydrogens is 975 g/mol.